The van der Waals surface area contributed by atoms with Crippen LogP contribution in [0, 0.1) is 5.92 Å². The molecule has 0 aromatic rings. The minimum atomic E-state index is -0.868. The first kappa shape index (κ1) is 9.02. The zero-order valence-corrected chi connectivity index (χ0v) is 7.60. The first-order valence-electron chi connectivity index (χ1n) is 4.50. The van der Waals surface area contributed by atoms with Crippen LogP contribution in [0.4, 0.5) is 0 Å². The molecule has 0 saturated heterocycles. The largest absolute Gasteiger partial charge is 0.478 e. The molecule has 0 aromatic heterocycles. The molecule has 1 heterocycles. The van der Waals surface area contributed by atoms with Crippen molar-refractivity contribution in [2.24, 2.45) is 11.7 Å². The topological polar surface area (TPSA) is 75.4 Å². The van der Waals surface area contributed by atoms with Crippen LogP contribution in [-0.4, -0.2) is 23.7 Å². The van der Waals surface area contributed by atoms with Crippen molar-refractivity contribution in [3.05, 3.63) is 35.6 Å². The Morgan fingerprint density at radius 2 is 2.43 bits per heavy atom. The lowest BCUT2D eigenvalue weighted by atomic mass is 9.86. The van der Waals surface area contributed by atoms with Gasteiger partial charge in [0, 0.05) is 18.7 Å². The van der Waals surface area contributed by atoms with Crippen molar-refractivity contribution in [3.63, 3.8) is 0 Å². The van der Waals surface area contributed by atoms with Crippen molar-refractivity contribution in [1.82, 2.24) is 5.32 Å². The Balaban J connectivity index is 2.26. The molecule has 2 aliphatic rings. The summed E-state index contributed by atoms with van der Waals surface area (Å²) in [6.07, 6.45) is 7.26. The van der Waals surface area contributed by atoms with Crippen LogP contribution in [0.25, 0.3) is 0 Å². The summed E-state index contributed by atoms with van der Waals surface area (Å²) in [6, 6.07) is 0.0381. The van der Waals surface area contributed by atoms with Crippen LogP contribution >= 0.6 is 0 Å². The molecule has 0 spiro atoms. The molecule has 2 rings (SSSR count). The van der Waals surface area contributed by atoms with Crippen molar-refractivity contribution < 1.29 is 9.90 Å². The lowest BCUT2D eigenvalue weighted by Crippen LogP contribution is -2.34. The molecule has 0 bridgehead atoms. The molecule has 2 unspecified atom stereocenters. The fraction of sp³-hybridized carbons (Fsp3) is 0.300. The highest BCUT2D eigenvalue weighted by atomic mass is 16.4. The number of allylic oxidation sites excluding steroid dienone is 2. The van der Waals surface area contributed by atoms with E-state index in [0.29, 0.717) is 12.1 Å². The maximum absolute atomic E-state index is 10.9. The van der Waals surface area contributed by atoms with Crippen LogP contribution in [-0.2, 0) is 4.79 Å². The first-order chi connectivity index (χ1) is 6.74. The second-order valence-electron chi connectivity index (χ2n) is 3.41. The molecule has 0 saturated carbocycles. The Morgan fingerprint density at radius 3 is 3.07 bits per heavy atom. The standard InChI is InChI=1S/C10H12N2O2/c11-4-6-2-1-3-7-8(10(13)14)5-12-9(6)7/h1-3,5,7,9,12H,4,11H2,(H,13,14). The van der Waals surface area contributed by atoms with E-state index in [0.717, 1.165) is 5.57 Å². The van der Waals surface area contributed by atoms with E-state index >= 15 is 0 Å². The van der Waals surface area contributed by atoms with E-state index in [1.54, 1.807) is 6.20 Å². The maximum atomic E-state index is 10.9. The number of hydrogen-bond acceptors (Lipinski definition) is 3. The second kappa shape index (κ2) is 3.31. The molecule has 0 radical (unpaired) electrons. The minimum Gasteiger partial charge on any atom is -0.478 e. The van der Waals surface area contributed by atoms with Crippen LogP contribution in [0.2, 0.25) is 0 Å². The lowest BCUT2D eigenvalue weighted by Gasteiger charge is -2.23. The monoisotopic (exact) mass is 192 g/mol. The van der Waals surface area contributed by atoms with Gasteiger partial charge in [0.25, 0.3) is 0 Å². The molecule has 14 heavy (non-hydrogen) atoms. The predicted molar refractivity (Wildman–Crippen MR) is 52.4 cm³/mol. The summed E-state index contributed by atoms with van der Waals surface area (Å²) in [7, 11) is 0. The summed E-state index contributed by atoms with van der Waals surface area (Å²) < 4.78 is 0. The van der Waals surface area contributed by atoms with E-state index in [1.165, 1.54) is 0 Å². The fourth-order valence-corrected chi connectivity index (χ4v) is 1.91. The van der Waals surface area contributed by atoms with Crippen LogP contribution < -0.4 is 11.1 Å². The molecule has 0 fully saturated rings. The van der Waals surface area contributed by atoms with Crippen LogP contribution in [0.3, 0.4) is 0 Å². The summed E-state index contributed by atoms with van der Waals surface area (Å²) in [5.74, 6) is -0.941. The number of hydrogen-bond donors (Lipinski definition) is 3. The second-order valence-corrected chi connectivity index (χ2v) is 3.41. The lowest BCUT2D eigenvalue weighted by molar-refractivity contribution is -0.133. The summed E-state index contributed by atoms with van der Waals surface area (Å²) in [5, 5.41) is 12.0. The molecule has 0 amide bonds. The van der Waals surface area contributed by atoms with Gasteiger partial charge in [-0.15, -0.1) is 0 Å². The molecule has 2 atom stereocenters. The van der Waals surface area contributed by atoms with Gasteiger partial charge in [0.15, 0.2) is 0 Å². The van der Waals surface area contributed by atoms with E-state index < -0.39 is 5.97 Å². The number of aliphatic carboxylic acids is 1. The Labute approximate surface area is 81.8 Å². The van der Waals surface area contributed by atoms with E-state index in [9.17, 15) is 4.79 Å². The van der Waals surface area contributed by atoms with Crippen molar-refractivity contribution in [1.29, 1.82) is 0 Å². The van der Waals surface area contributed by atoms with Gasteiger partial charge >= 0.3 is 5.97 Å². The maximum Gasteiger partial charge on any atom is 0.333 e. The highest BCUT2D eigenvalue weighted by molar-refractivity contribution is 5.88. The number of carboxylic acids is 1. The van der Waals surface area contributed by atoms with E-state index in [1.807, 2.05) is 18.2 Å². The number of nitrogens with one attached hydrogen (secondary N) is 1. The average Bonchev–Trinajstić information content (AvgIpc) is 2.60. The van der Waals surface area contributed by atoms with Gasteiger partial charge in [-0.05, 0) is 5.57 Å². The van der Waals surface area contributed by atoms with Crippen molar-refractivity contribution >= 4 is 5.97 Å². The summed E-state index contributed by atoms with van der Waals surface area (Å²) >= 11 is 0. The molecule has 0 aromatic carbocycles. The van der Waals surface area contributed by atoms with Gasteiger partial charge in [-0.1, -0.05) is 18.2 Å². The number of fused-ring (bicyclic) bond motifs is 1. The van der Waals surface area contributed by atoms with E-state index in [2.05, 4.69) is 5.32 Å². The van der Waals surface area contributed by atoms with Gasteiger partial charge in [-0.2, -0.15) is 0 Å². The summed E-state index contributed by atoms with van der Waals surface area (Å²) in [4.78, 5) is 10.9. The van der Waals surface area contributed by atoms with Gasteiger partial charge in [0.05, 0.1) is 11.6 Å². The minimum absolute atomic E-state index is 0.0381. The molecule has 4 N–H and O–H groups in total. The third-order valence-electron chi connectivity index (χ3n) is 2.65. The normalized spacial score (nSPS) is 28.9. The van der Waals surface area contributed by atoms with Crippen molar-refractivity contribution in [2.45, 2.75) is 6.04 Å². The van der Waals surface area contributed by atoms with Gasteiger partial charge in [-0.3, -0.25) is 0 Å². The molecule has 1 aliphatic carbocycles. The van der Waals surface area contributed by atoms with Gasteiger partial charge in [0.2, 0.25) is 0 Å². The predicted octanol–water partition coefficient (Wildman–Crippen LogP) is -0.00220. The van der Waals surface area contributed by atoms with Crippen molar-refractivity contribution in [3.8, 4) is 0 Å². The Bertz CT molecular complexity index is 355. The van der Waals surface area contributed by atoms with Crippen LogP contribution in [0.5, 0.6) is 0 Å². The van der Waals surface area contributed by atoms with E-state index in [-0.39, 0.29) is 12.0 Å². The fourth-order valence-electron chi connectivity index (χ4n) is 1.91. The highest BCUT2D eigenvalue weighted by Gasteiger charge is 2.34. The molecular weight excluding hydrogens is 180 g/mol. The molecular formula is C10H12N2O2. The number of rotatable bonds is 2. The summed E-state index contributed by atoms with van der Waals surface area (Å²) in [6.45, 7) is 0.458. The molecule has 4 heteroatoms. The third kappa shape index (κ3) is 1.24. The Hall–Kier alpha value is -1.55. The van der Waals surface area contributed by atoms with E-state index in [4.69, 9.17) is 10.8 Å². The number of nitrogens with two attached hydrogens (primary N) is 1. The SMILES string of the molecule is NCC1=CC=CC2C(C(=O)O)=CNC12. The van der Waals surface area contributed by atoms with Crippen LogP contribution in [0.1, 0.15) is 0 Å². The van der Waals surface area contributed by atoms with Gasteiger partial charge < -0.3 is 16.2 Å². The quantitative estimate of drug-likeness (QED) is 0.575. The third-order valence-corrected chi connectivity index (χ3v) is 2.65. The van der Waals surface area contributed by atoms with Gasteiger partial charge in [-0.25, -0.2) is 4.79 Å². The molecule has 4 nitrogen and oxygen atoms in total. The Kier molecular flexibility index (Phi) is 2.13. The van der Waals surface area contributed by atoms with Crippen molar-refractivity contribution in [2.75, 3.05) is 6.54 Å². The molecule has 1 aliphatic heterocycles. The average molecular weight is 192 g/mol. The number of carbonyl (C=O) groups is 1. The smallest absolute Gasteiger partial charge is 0.333 e. The van der Waals surface area contributed by atoms with Gasteiger partial charge in [0.1, 0.15) is 0 Å². The first-order valence-corrected chi connectivity index (χ1v) is 4.50. The molecule has 74 valence electrons. The zero-order valence-electron chi connectivity index (χ0n) is 7.60. The van der Waals surface area contributed by atoms with Crippen LogP contribution in [0.15, 0.2) is 35.6 Å². The highest BCUT2D eigenvalue weighted by Crippen LogP contribution is 2.29. The number of carboxylic acid groups (broad SMARTS) is 1. The summed E-state index contributed by atoms with van der Waals surface area (Å²) in [5.41, 5.74) is 7.02. The Morgan fingerprint density at radius 1 is 1.64 bits per heavy atom. The zero-order chi connectivity index (χ0) is 10.1.